The standard InChI is InChI=1S/C28H28FN7OS/c1-18-23(15-33-36(18)22-5-7-28(8-6-22)9-11-34(17-28)19(2)37)20-12-25(38-27-24(29)4-3-10-31-27)26-21(13-30)14-32-35(26)16-20/h3-4,10,12,14-16,22H,5-9,11,17H2,1-2H3/t22-,28+. The van der Waals surface area contributed by atoms with E-state index in [0.29, 0.717) is 22.0 Å². The van der Waals surface area contributed by atoms with Crippen molar-refractivity contribution in [1.82, 2.24) is 29.3 Å². The van der Waals surface area contributed by atoms with E-state index in [2.05, 4.69) is 27.8 Å². The van der Waals surface area contributed by atoms with Crippen LogP contribution in [0.25, 0.3) is 16.6 Å². The molecule has 1 aliphatic carbocycles. The van der Waals surface area contributed by atoms with E-state index < -0.39 is 5.82 Å². The maximum absolute atomic E-state index is 14.4. The molecule has 10 heteroatoms. The Bertz CT molecular complexity index is 1580. The Labute approximate surface area is 224 Å². The lowest BCUT2D eigenvalue weighted by molar-refractivity contribution is -0.128. The van der Waals surface area contributed by atoms with Crippen molar-refractivity contribution in [2.45, 2.75) is 61.9 Å². The van der Waals surface area contributed by atoms with Gasteiger partial charge in [-0.15, -0.1) is 0 Å². The summed E-state index contributed by atoms with van der Waals surface area (Å²) in [6.07, 6.45) is 12.2. The molecule has 1 saturated heterocycles. The molecule has 1 saturated carbocycles. The van der Waals surface area contributed by atoms with Gasteiger partial charge in [0, 0.05) is 54.1 Å². The molecule has 0 unspecified atom stereocenters. The number of rotatable bonds is 4. The fraction of sp³-hybridized carbons (Fsp3) is 0.393. The van der Waals surface area contributed by atoms with E-state index in [1.807, 2.05) is 23.4 Å². The summed E-state index contributed by atoms with van der Waals surface area (Å²) < 4.78 is 18.3. The zero-order valence-corrected chi connectivity index (χ0v) is 22.2. The lowest BCUT2D eigenvalue weighted by Crippen LogP contribution is -2.34. The van der Waals surface area contributed by atoms with Crippen LogP contribution in [0.15, 0.2) is 52.9 Å². The Morgan fingerprint density at radius 3 is 2.76 bits per heavy atom. The normalized spacial score (nSPS) is 21.3. The molecule has 1 amide bonds. The van der Waals surface area contributed by atoms with Gasteiger partial charge in [-0.3, -0.25) is 9.48 Å². The molecule has 1 spiro atoms. The van der Waals surface area contributed by atoms with Crippen molar-refractivity contribution in [2.75, 3.05) is 13.1 Å². The van der Waals surface area contributed by atoms with Gasteiger partial charge >= 0.3 is 0 Å². The minimum Gasteiger partial charge on any atom is -0.342 e. The Morgan fingerprint density at radius 1 is 1.24 bits per heavy atom. The highest BCUT2D eigenvalue weighted by atomic mass is 32.2. The van der Waals surface area contributed by atoms with E-state index in [4.69, 9.17) is 5.10 Å². The molecule has 4 aromatic rings. The van der Waals surface area contributed by atoms with Gasteiger partial charge in [0.2, 0.25) is 5.91 Å². The second-order valence-electron chi connectivity index (χ2n) is 10.5. The second-order valence-corrected chi connectivity index (χ2v) is 11.5. The number of hydrogen-bond acceptors (Lipinski definition) is 6. The van der Waals surface area contributed by atoms with Crippen LogP contribution >= 0.6 is 11.8 Å². The first kappa shape index (κ1) is 24.6. The van der Waals surface area contributed by atoms with Crippen molar-refractivity contribution in [3.8, 4) is 17.2 Å². The van der Waals surface area contributed by atoms with Crippen LogP contribution in [0.1, 0.15) is 56.3 Å². The van der Waals surface area contributed by atoms with Crippen LogP contribution in [-0.2, 0) is 4.79 Å². The van der Waals surface area contributed by atoms with Crippen molar-refractivity contribution < 1.29 is 9.18 Å². The Balaban J connectivity index is 1.30. The zero-order valence-electron chi connectivity index (χ0n) is 21.4. The van der Waals surface area contributed by atoms with Crippen molar-refractivity contribution in [2.24, 2.45) is 5.41 Å². The number of aromatic nitrogens is 5. The van der Waals surface area contributed by atoms with Gasteiger partial charge in [-0.05, 0) is 62.6 Å². The van der Waals surface area contributed by atoms with E-state index in [1.165, 1.54) is 24.0 Å². The van der Waals surface area contributed by atoms with Crippen molar-refractivity contribution in [3.05, 3.63) is 60.1 Å². The number of likely N-dealkylation sites (tertiary alicyclic amines) is 1. The summed E-state index contributed by atoms with van der Waals surface area (Å²) in [5.74, 6) is -0.234. The second kappa shape index (κ2) is 9.55. The first-order valence-corrected chi connectivity index (χ1v) is 13.7. The van der Waals surface area contributed by atoms with Gasteiger partial charge in [0.25, 0.3) is 0 Å². The van der Waals surface area contributed by atoms with E-state index >= 15 is 0 Å². The van der Waals surface area contributed by atoms with Crippen LogP contribution in [0.5, 0.6) is 0 Å². The third-order valence-electron chi connectivity index (χ3n) is 8.23. The number of pyridine rings is 2. The predicted octanol–water partition coefficient (Wildman–Crippen LogP) is 5.42. The van der Waals surface area contributed by atoms with Crippen LogP contribution in [0.2, 0.25) is 0 Å². The van der Waals surface area contributed by atoms with Crippen LogP contribution in [0.3, 0.4) is 0 Å². The predicted molar refractivity (Wildman–Crippen MR) is 141 cm³/mol. The molecule has 5 heterocycles. The highest BCUT2D eigenvalue weighted by Crippen LogP contribution is 2.47. The third kappa shape index (κ3) is 4.25. The third-order valence-corrected chi connectivity index (χ3v) is 9.25. The SMILES string of the molecule is CC(=O)N1CC[C@]2(CC[C@H](n3ncc(-c4cc(Sc5ncccc5F)c5c(C#N)cnn5c4)c3C)CC2)C1. The highest BCUT2D eigenvalue weighted by Gasteiger charge is 2.42. The summed E-state index contributed by atoms with van der Waals surface area (Å²) >= 11 is 1.19. The monoisotopic (exact) mass is 529 g/mol. The highest BCUT2D eigenvalue weighted by molar-refractivity contribution is 7.99. The molecule has 0 N–H and O–H groups in total. The molecule has 194 valence electrons. The van der Waals surface area contributed by atoms with Crippen LogP contribution in [0, 0.1) is 29.5 Å². The van der Waals surface area contributed by atoms with E-state index in [9.17, 15) is 14.4 Å². The van der Waals surface area contributed by atoms with E-state index in [1.54, 1.807) is 23.7 Å². The number of carbonyl (C=O) groups is 1. The number of hydrogen-bond donors (Lipinski definition) is 0. The molecule has 6 rings (SSSR count). The van der Waals surface area contributed by atoms with Gasteiger partial charge < -0.3 is 4.90 Å². The zero-order chi connectivity index (χ0) is 26.4. The molecule has 2 fully saturated rings. The number of fused-ring (bicyclic) bond motifs is 1. The van der Waals surface area contributed by atoms with E-state index in [0.717, 1.165) is 62.0 Å². The molecular formula is C28H28FN7OS. The Kier molecular flexibility index (Phi) is 6.19. The molecular weight excluding hydrogens is 501 g/mol. The maximum Gasteiger partial charge on any atom is 0.219 e. The average molecular weight is 530 g/mol. The molecule has 0 aromatic carbocycles. The number of halogens is 1. The quantitative estimate of drug-likeness (QED) is 0.351. The lowest BCUT2D eigenvalue weighted by atomic mass is 9.72. The van der Waals surface area contributed by atoms with Crippen LogP contribution in [0.4, 0.5) is 4.39 Å². The number of amides is 1. The largest absolute Gasteiger partial charge is 0.342 e. The van der Waals surface area contributed by atoms with Crippen molar-refractivity contribution >= 4 is 23.2 Å². The number of carbonyl (C=O) groups excluding carboxylic acids is 1. The molecule has 8 nitrogen and oxygen atoms in total. The van der Waals surface area contributed by atoms with Gasteiger partial charge in [0.1, 0.15) is 11.1 Å². The summed E-state index contributed by atoms with van der Waals surface area (Å²) in [5.41, 5.74) is 4.25. The average Bonchev–Trinajstić information content (AvgIpc) is 3.63. The topological polar surface area (TPSA) is 92.1 Å². The summed E-state index contributed by atoms with van der Waals surface area (Å²) in [6.45, 7) is 5.50. The van der Waals surface area contributed by atoms with Gasteiger partial charge in [-0.25, -0.2) is 13.9 Å². The number of nitriles is 1. The maximum atomic E-state index is 14.4. The fourth-order valence-corrected chi connectivity index (χ4v) is 7.06. The summed E-state index contributed by atoms with van der Waals surface area (Å²) in [5, 5.41) is 19.1. The van der Waals surface area contributed by atoms with Gasteiger partial charge in [-0.2, -0.15) is 15.5 Å². The Hall–Kier alpha value is -3.71. The van der Waals surface area contributed by atoms with Gasteiger partial charge in [-0.1, -0.05) is 11.8 Å². The van der Waals surface area contributed by atoms with Crippen LogP contribution < -0.4 is 0 Å². The molecule has 0 bridgehead atoms. The Morgan fingerprint density at radius 2 is 2.05 bits per heavy atom. The molecule has 0 radical (unpaired) electrons. The van der Waals surface area contributed by atoms with Crippen molar-refractivity contribution in [1.29, 1.82) is 5.26 Å². The number of nitrogens with zero attached hydrogens (tertiary/aromatic N) is 7. The smallest absolute Gasteiger partial charge is 0.219 e. The molecule has 1 aliphatic heterocycles. The summed E-state index contributed by atoms with van der Waals surface area (Å²) in [6, 6.07) is 7.41. The summed E-state index contributed by atoms with van der Waals surface area (Å²) in [4.78, 5) is 18.7. The first-order chi connectivity index (χ1) is 18.4. The minimum atomic E-state index is -0.410. The molecule has 4 aromatic heterocycles. The molecule has 38 heavy (non-hydrogen) atoms. The van der Waals surface area contributed by atoms with Crippen LogP contribution in [-0.4, -0.2) is 48.3 Å². The van der Waals surface area contributed by atoms with Crippen molar-refractivity contribution in [3.63, 3.8) is 0 Å². The molecule has 0 atom stereocenters. The lowest BCUT2D eigenvalue weighted by Gasteiger charge is -2.37. The fourth-order valence-electron chi connectivity index (χ4n) is 6.09. The minimum absolute atomic E-state index is 0.177. The van der Waals surface area contributed by atoms with Gasteiger partial charge in [0.05, 0.1) is 29.5 Å². The van der Waals surface area contributed by atoms with Gasteiger partial charge in [0.15, 0.2) is 5.82 Å². The summed E-state index contributed by atoms with van der Waals surface area (Å²) in [7, 11) is 0. The molecule has 2 aliphatic rings. The first-order valence-electron chi connectivity index (χ1n) is 12.9. The van der Waals surface area contributed by atoms with E-state index in [-0.39, 0.29) is 16.3 Å².